The molecule has 3 rings (SSSR count). The molecular formula is C20H24N4O6. The fourth-order valence-electron chi connectivity index (χ4n) is 3.41. The van der Waals surface area contributed by atoms with Crippen molar-refractivity contribution in [2.75, 3.05) is 13.7 Å². The fourth-order valence-corrected chi connectivity index (χ4v) is 3.41. The number of aromatic amines is 1. The van der Waals surface area contributed by atoms with Gasteiger partial charge in [0.05, 0.1) is 13.7 Å². The van der Waals surface area contributed by atoms with Crippen LogP contribution in [0.15, 0.2) is 30.5 Å². The summed E-state index contributed by atoms with van der Waals surface area (Å²) in [5.74, 6) is -2.16. The average molecular weight is 416 g/mol. The second-order valence-electron chi connectivity index (χ2n) is 7.05. The van der Waals surface area contributed by atoms with E-state index in [1.165, 1.54) is 0 Å². The maximum Gasteiger partial charge on any atom is 0.330 e. The van der Waals surface area contributed by atoms with E-state index < -0.39 is 42.5 Å². The molecule has 1 aromatic heterocycles. The maximum atomic E-state index is 12.9. The van der Waals surface area contributed by atoms with Gasteiger partial charge in [-0.15, -0.1) is 0 Å². The Morgan fingerprint density at radius 1 is 1.23 bits per heavy atom. The number of hydrogen-bond donors (Lipinski definition) is 5. The molecule has 1 aliphatic heterocycles. The minimum absolute atomic E-state index is 0.140. The number of esters is 1. The molecule has 3 amide bonds. The summed E-state index contributed by atoms with van der Waals surface area (Å²) in [6.07, 6.45) is 2.47. The normalized spacial score (nSPS) is 17.8. The van der Waals surface area contributed by atoms with E-state index in [4.69, 9.17) is 0 Å². The Hall–Kier alpha value is -3.40. The Kier molecular flexibility index (Phi) is 6.68. The monoisotopic (exact) mass is 416 g/mol. The maximum absolute atomic E-state index is 12.9. The van der Waals surface area contributed by atoms with Crippen molar-refractivity contribution < 1.29 is 29.0 Å². The molecule has 0 aliphatic carbocycles. The quantitative estimate of drug-likeness (QED) is 0.353. The van der Waals surface area contributed by atoms with Crippen LogP contribution in [0, 0.1) is 0 Å². The minimum Gasteiger partial charge on any atom is -0.467 e. The Balaban J connectivity index is 1.80. The van der Waals surface area contributed by atoms with Crippen LogP contribution in [-0.2, 0) is 30.3 Å². The lowest BCUT2D eigenvalue weighted by molar-refractivity contribution is -0.146. The molecule has 0 unspecified atom stereocenters. The summed E-state index contributed by atoms with van der Waals surface area (Å²) in [5, 5.41) is 17.9. The van der Waals surface area contributed by atoms with E-state index in [0.29, 0.717) is 6.42 Å². The van der Waals surface area contributed by atoms with Crippen molar-refractivity contribution in [3.63, 3.8) is 0 Å². The van der Waals surface area contributed by atoms with Crippen LogP contribution in [-0.4, -0.2) is 65.6 Å². The standard InChI is InChI=1S/C20H24N4O6/c1-30-20(29)16(10-25)24-19(28)15(23-18(27)14-6-7-17(26)22-14)8-11-9-21-13-5-3-2-4-12(11)13/h2-5,9,14-16,21,25H,6-8,10H2,1H3,(H,22,26)(H,23,27)(H,24,28)/t14-,15-,16-/m0/s1. The molecule has 10 heteroatoms. The number of H-pyrrole nitrogens is 1. The molecule has 0 spiro atoms. The summed E-state index contributed by atoms with van der Waals surface area (Å²) in [4.78, 5) is 51.7. The number of ether oxygens (including phenoxy) is 1. The highest BCUT2D eigenvalue weighted by atomic mass is 16.5. The molecule has 10 nitrogen and oxygen atoms in total. The molecule has 3 atom stereocenters. The molecule has 1 fully saturated rings. The largest absolute Gasteiger partial charge is 0.467 e. The lowest BCUT2D eigenvalue weighted by atomic mass is 10.0. The first kappa shape index (κ1) is 21.3. The molecule has 30 heavy (non-hydrogen) atoms. The number of benzene rings is 1. The number of aromatic nitrogens is 1. The average Bonchev–Trinajstić information content (AvgIpc) is 3.37. The van der Waals surface area contributed by atoms with Crippen molar-refractivity contribution in [3.05, 3.63) is 36.0 Å². The van der Waals surface area contributed by atoms with Gasteiger partial charge in [-0.25, -0.2) is 4.79 Å². The number of amides is 3. The van der Waals surface area contributed by atoms with Gasteiger partial charge in [0.1, 0.15) is 12.1 Å². The van der Waals surface area contributed by atoms with Crippen LogP contribution in [0.3, 0.4) is 0 Å². The van der Waals surface area contributed by atoms with E-state index in [1.807, 2.05) is 24.3 Å². The Morgan fingerprint density at radius 3 is 2.67 bits per heavy atom. The summed E-state index contributed by atoms with van der Waals surface area (Å²) in [5.41, 5.74) is 1.67. The van der Waals surface area contributed by atoms with Gasteiger partial charge in [0, 0.05) is 29.9 Å². The van der Waals surface area contributed by atoms with Crippen molar-refractivity contribution in [2.45, 2.75) is 37.4 Å². The van der Waals surface area contributed by atoms with E-state index in [9.17, 15) is 24.3 Å². The molecule has 2 heterocycles. The van der Waals surface area contributed by atoms with Crippen LogP contribution in [0.25, 0.3) is 10.9 Å². The molecule has 5 N–H and O–H groups in total. The van der Waals surface area contributed by atoms with Crippen LogP contribution in [0.4, 0.5) is 0 Å². The fraction of sp³-hybridized carbons (Fsp3) is 0.400. The summed E-state index contributed by atoms with van der Waals surface area (Å²) in [6.45, 7) is -0.648. The number of nitrogens with one attached hydrogen (secondary N) is 4. The van der Waals surface area contributed by atoms with Gasteiger partial charge in [0.2, 0.25) is 17.7 Å². The zero-order valence-corrected chi connectivity index (χ0v) is 16.4. The second kappa shape index (κ2) is 9.40. The molecule has 0 bridgehead atoms. The molecule has 1 aromatic carbocycles. The number of hydrogen-bond acceptors (Lipinski definition) is 6. The molecule has 2 aromatic rings. The van der Waals surface area contributed by atoms with Crippen molar-refractivity contribution in [1.29, 1.82) is 0 Å². The number of methoxy groups -OCH3 is 1. The zero-order chi connectivity index (χ0) is 21.7. The van der Waals surface area contributed by atoms with Gasteiger partial charge in [0.15, 0.2) is 6.04 Å². The number of aliphatic hydroxyl groups excluding tert-OH is 1. The van der Waals surface area contributed by atoms with Gasteiger partial charge in [-0.2, -0.15) is 0 Å². The van der Waals surface area contributed by atoms with Gasteiger partial charge in [-0.05, 0) is 18.1 Å². The van der Waals surface area contributed by atoms with Crippen LogP contribution in [0.5, 0.6) is 0 Å². The lowest BCUT2D eigenvalue weighted by Gasteiger charge is -2.22. The first-order valence-corrected chi connectivity index (χ1v) is 9.56. The topological polar surface area (TPSA) is 150 Å². The first-order valence-electron chi connectivity index (χ1n) is 9.56. The van der Waals surface area contributed by atoms with E-state index >= 15 is 0 Å². The van der Waals surface area contributed by atoms with Crippen molar-refractivity contribution >= 4 is 34.6 Å². The van der Waals surface area contributed by atoms with E-state index in [2.05, 4.69) is 25.7 Å². The van der Waals surface area contributed by atoms with Crippen molar-refractivity contribution in [1.82, 2.24) is 20.9 Å². The highest BCUT2D eigenvalue weighted by Crippen LogP contribution is 2.19. The second-order valence-corrected chi connectivity index (χ2v) is 7.05. The SMILES string of the molecule is COC(=O)[C@H](CO)NC(=O)[C@H](Cc1c[nH]c2ccccc12)NC(=O)[C@@H]1CCC(=O)N1. The van der Waals surface area contributed by atoms with Gasteiger partial charge < -0.3 is 30.8 Å². The Bertz CT molecular complexity index is 956. The molecule has 0 saturated carbocycles. The Labute approximate surface area is 172 Å². The van der Waals surface area contributed by atoms with Gasteiger partial charge in [-0.1, -0.05) is 18.2 Å². The third kappa shape index (κ3) is 4.77. The zero-order valence-electron chi connectivity index (χ0n) is 16.4. The summed E-state index contributed by atoms with van der Waals surface area (Å²) in [7, 11) is 1.14. The number of para-hydroxylation sites is 1. The van der Waals surface area contributed by atoms with Crippen LogP contribution >= 0.6 is 0 Å². The van der Waals surface area contributed by atoms with Crippen LogP contribution in [0.1, 0.15) is 18.4 Å². The van der Waals surface area contributed by atoms with Gasteiger partial charge in [0.25, 0.3) is 0 Å². The smallest absolute Gasteiger partial charge is 0.330 e. The van der Waals surface area contributed by atoms with Gasteiger partial charge in [-0.3, -0.25) is 14.4 Å². The highest BCUT2D eigenvalue weighted by molar-refractivity contribution is 5.95. The predicted molar refractivity (Wildman–Crippen MR) is 106 cm³/mol. The van der Waals surface area contributed by atoms with Crippen molar-refractivity contribution in [3.8, 4) is 0 Å². The van der Waals surface area contributed by atoms with Gasteiger partial charge >= 0.3 is 5.97 Å². The van der Waals surface area contributed by atoms with E-state index in [-0.39, 0.29) is 18.7 Å². The Morgan fingerprint density at radius 2 is 2.00 bits per heavy atom. The lowest BCUT2D eigenvalue weighted by Crippen LogP contribution is -2.56. The predicted octanol–water partition coefficient (Wildman–Crippen LogP) is -0.876. The third-order valence-electron chi connectivity index (χ3n) is 5.03. The summed E-state index contributed by atoms with van der Waals surface area (Å²) < 4.78 is 4.57. The minimum atomic E-state index is -1.25. The van der Waals surface area contributed by atoms with Crippen LogP contribution < -0.4 is 16.0 Å². The first-order chi connectivity index (χ1) is 14.4. The molecular weight excluding hydrogens is 392 g/mol. The summed E-state index contributed by atoms with van der Waals surface area (Å²) >= 11 is 0. The summed E-state index contributed by atoms with van der Waals surface area (Å²) in [6, 6.07) is 4.51. The number of fused-ring (bicyclic) bond motifs is 1. The van der Waals surface area contributed by atoms with Crippen LogP contribution in [0.2, 0.25) is 0 Å². The molecule has 1 aliphatic rings. The number of carbonyl (C=O) groups excluding carboxylic acids is 4. The van der Waals surface area contributed by atoms with Crippen molar-refractivity contribution in [2.24, 2.45) is 0 Å². The molecule has 0 radical (unpaired) electrons. The molecule has 1 saturated heterocycles. The highest BCUT2D eigenvalue weighted by Gasteiger charge is 2.32. The number of aliphatic hydroxyl groups is 1. The van der Waals surface area contributed by atoms with E-state index in [0.717, 1.165) is 23.6 Å². The molecule has 160 valence electrons. The third-order valence-corrected chi connectivity index (χ3v) is 5.03. The number of rotatable bonds is 8. The number of carbonyl (C=O) groups is 4. The van der Waals surface area contributed by atoms with E-state index in [1.54, 1.807) is 6.20 Å².